The molecule has 7 heteroatoms. The summed E-state index contributed by atoms with van der Waals surface area (Å²) in [5, 5.41) is 0.647. The third kappa shape index (κ3) is 4.02. The van der Waals surface area contributed by atoms with Crippen molar-refractivity contribution in [3.63, 3.8) is 0 Å². The zero-order chi connectivity index (χ0) is 15.4. The lowest BCUT2D eigenvalue weighted by Gasteiger charge is -2.31. The number of piperidine rings is 1. The van der Waals surface area contributed by atoms with Crippen LogP contribution in [-0.4, -0.2) is 36.4 Å². The van der Waals surface area contributed by atoms with E-state index in [0.29, 0.717) is 23.9 Å². The molecule has 21 heavy (non-hydrogen) atoms. The maximum absolute atomic E-state index is 12.1. The number of ether oxygens (including phenoxy) is 1. The molecule has 1 heterocycles. The predicted molar refractivity (Wildman–Crippen MR) is 80.5 cm³/mol. The number of hydrogen-bond acceptors (Lipinski definition) is 3. The van der Waals surface area contributed by atoms with Crippen LogP contribution in [0.25, 0.3) is 0 Å². The summed E-state index contributed by atoms with van der Waals surface area (Å²) in [5.41, 5.74) is 5.29. The summed E-state index contributed by atoms with van der Waals surface area (Å²) in [7, 11) is 0. The van der Waals surface area contributed by atoms with Crippen LogP contribution in [0.1, 0.15) is 12.8 Å². The van der Waals surface area contributed by atoms with E-state index in [9.17, 15) is 9.59 Å². The zero-order valence-electron chi connectivity index (χ0n) is 11.4. The van der Waals surface area contributed by atoms with Crippen molar-refractivity contribution < 1.29 is 14.3 Å². The SMILES string of the molecule is NC(=O)C1CCCN(C(=O)COc2cccc(Cl)c2Cl)C1. The third-order valence-electron chi connectivity index (χ3n) is 3.44. The van der Waals surface area contributed by atoms with E-state index in [1.165, 1.54) is 0 Å². The smallest absolute Gasteiger partial charge is 0.260 e. The number of hydrogen-bond donors (Lipinski definition) is 1. The van der Waals surface area contributed by atoms with E-state index in [1.807, 2.05) is 0 Å². The number of likely N-dealkylation sites (tertiary alicyclic amines) is 1. The summed E-state index contributed by atoms with van der Waals surface area (Å²) in [5.74, 6) is -0.485. The van der Waals surface area contributed by atoms with Gasteiger partial charge in [0.2, 0.25) is 5.91 Å². The minimum Gasteiger partial charge on any atom is -0.482 e. The predicted octanol–water partition coefficient (Wildman–Crippen LogP) is 2.10. The number of nitrogens with zero attached hydrogens (tertiary/aromatic N) is 1. The first kappa shape index (κ1) is 15.9. The van der Waals surface area contributed by atoms with Crippen LogP contribution in [0.2, 0.25) is 10.0 Å². The zero-order valence-corrected chi connectivity index (χ0v) is 12.9. The average molecular weight is 331 g/mol. The second-order valence-electron chi connectivity index (χ2n) is 4.92. The fourth-order valence-electron chi connectivity index (χ4n) is 2.26. The van der Waals surface area contributed by atoms with Crippen LogP contribution >= 0.6 is 23.2 Å². The van der Waals surface area contributed by atoms with Gasteiger partial charge in [-0.1, -0.05) is 29.3 Å². The van der Waals surface area contributed by atoms with Gasteiger partial charge in [-0.05, 0) is 25.0 Å². The highest BCUT2D eigenvalue weighted by molar-refractivity contribution is 6.42. The van der Waals surface area contributed by atoms with E-state index in [1.54, 1.807) is 23.1 Å². The minimum absolute atomic E-state index is 0.147. The molecule has 2 amide bonds. The Morgan fingerprint density at radius 3 is 2.86 bits per heavy atom. The van der Waals surface area contributed by atoms with Gasteiger partial charge in [0.05, 0.1) is 10.9 Å². The van der Waals surface area contributed by atoms with Crippen molar-refractivity contribution >= 4 is 35.0 Å². The summed E-state index contributed by atoms with van der Waals surface area (Å²) in [4.78, 5) is 24.9. The van der Waals surface area contributed by atoms with E-state index < -0.39 is 0 Å². The van der Waals surface area contributed by atoms with Gasteiger partial charge in [-0.3, -0.25) is 9.59 Å². The van der Waals surface area contributed by atoms with Gasteiger partial charge in [-0.2, -0.15) is 0 Å². The summed E-state index contributed by atoms with van der Waals surface area (Å²) in [6.45, 7) is 0.807. The van der Waals surface area contributed by atoms with Crippen molar-refractivity contribution in [2.75, 3.05) is 19.7 Å². The Bertz CT molecular complexity index is 551. The van der Waals surface area contributed by atoms with Gasteiger partial charge in [0.15, 0.2) is 6.61 Å². The Hall–Kier alpha value is -1.46. The van der Waals surface area contributed by atoms with Crippen LogP contribution in [0.5, 0.6) is 5.75 Å². The number of primary amides is 1. The topological polar surface area (TPSA) is 72.6 Å². The van der Waals surface area contributed by atoms with E-state index in [2.05, 4.69) is 0 Å². The van der Waals surface area contributed by atoms with Crippen LogP contribution in [0.15, 0.2) is 18.2 Å². The molecule has 1 atom stereocenters. The maximum Gasteiger partial charge on any atom is 0.260 e. The second kappa shape index (κ2) is 7.00. The Balaban J connectivity index is 1.92. The molecule has 2 N–H and O–H groups in total. The van der Waals surface area contributed by atoms with Crippen molar-refractivity contribution in [3.05, 3.63) is 28.2 Å². The van der Waals surface area contributed by atoms with Crippen molar-refractivity contribution in [2.45, 2.75) is 12.8 Å². The molecule has 0 bridgehead atoms. The molecular weight excluding hydrogens is 315 g/mol. The highest BCUT2D eigenvalue weighted by atomic mass is 35.5. The lowest BCUT2D eigenvalue weighted by Crippen LogP contribution is -2.45. The molecule has 1 fully saturated rings. The van der Waals surface area contributed by atoms with Crippen molar-refractivity contribution in [2.24, 2.45) is 11.7 Å². The standard InChI is InChI=1S/C14H16Cl2N2O3/c15-10-4-1-5-11(13(10)16)21-8-12(19)18-6-2-3-9(7-18)14(17)20/h1,4-5,9H,2-3,6-8H2,(H2,17,20). The molecule has 0 saturated carbocycles. The fourth-order valence-corrected chi connectivity index (χ4v) is 2.61. The molecule has 1 unspecified atom stereocenters. The largest absolute Gasteiger partial charge is 0.482 e. The van der Waals surface area contributed by atoms with Crippen molar-refractivity contribution in [3.8, 4) is 5.75 Å². The van der Waals surface area contributed by atoms with Crippen LogP contribution in [-0.2, 0) is 9.59 Å². The average Bonchev–Trinajstić information content (AvgIpc) is 2.48. The number of amides is 2. The highest BCUT2D eigenvalue weighted by Gasteiger charge is 2.27. The second-order valence-corrected chi connectivity index (χ2v) is 5.71. The first-order valence-electron chi connectivity index (χ1n) is 6.63. The molecule has 1 aliphatic rings. The van der Waals surface area contributed by atoms with Gasteiger partial charge < -0.3 is 15.4 Å². The van der Waals surface area contributed by atoms with E-state index in [-0.39, 0.29) is 29.4 Å². The lowest BCUT2D eigenvalue weighted by molar-refractivity contribution is -0.136. The van der Waals surface area contributed by atoms with E-state index in [0.717, 1.165) is 12.8 Å². The van der Waals surface area contributed by atoms with Gasteiger partial charge in [-0.25, -0.2) is 0 Å². The Labute approximate surface area is 132 Å². The van der Waals surface area contributed by atoms with Gasteiger partial charge in [0.1, 0.15) is 10.8 Å². The molecule has 0 aromatic heterocycles. The lowest BCUT2D eigenvalue weighted by atomic mass is 9.97. The molecule has 0 radical (unpaired) electrons. The fraction of sp³-hybridized carbons (Fsp3) is 0.429. The molecule has 5 nitrogen and oxygen atoms in total. The van der Waals surface area contributed by atoms with Crippen molar-refractivity contribution in [1.82, 2.24) is 4.90 Å². The monoisotopic (exact) mass is 330 g/mol. The van der Waals surface area contributed by atoms with Crippen LogP contribution in [0.3, 0.4) is 0 Å². The van der Waals surface area contributed by atoms with Gasteiger partial charge in [-0.15, -0.1) is 0 Å². The Kier molecular flexibility index (Phi) is 5.31. The van der Waals surface area contributed by atoms with Gasteiger partial charge in [0.25, 0.3) is 5.91 Å². The summed E-state index contributed by atoms with van der Waals surface area (Å²) in [6.07, 6.45) is 1.48. The Morgan fingerprint density at radius 2 is 2.14 bits per heavy atom. The number of rotatable bonds is 4. The number of carbonyl (C=O) groups excluding carboxylic acids is 2. The molecule has 0 spiro atoms. The first-order chi connectivity index (χ1) is 9.99. The molecule has 1 saturated heterocycles. The third-order valence-corrected chi connectivity index (χ3v) is 4.25. The summed E-state index contributed by atoms with van der Waals surface area (Å²) >= 11 is 11.9. The molecule has 114 valence electrons. The molecule has 2 rings (SSSR count). The number of carbonyl (C=O) groups is 2. The van der Waals surface area contributed by atoms with E-state index in [4.69, 9.17) is 33.7 Å². The van der Waals surface area contributed by atoms with Crippen molar-refractivity contribution in [1.29, 1.82) is 0 Å². The quantitative estimate of drug-likeness (QED) is 0.918. The normalized spacial score (nSPS) is 18.4. The minimum atomic E-state index is -0.369. The van der Waals surface area contributed by atoms with Crippen LogP contribution in [0, 0.1) is 5.92 Å². The molecule has 0 aliphatic carbocycles. The maximum atomic E-state index is 12.1. The number of nitrogens with two attached hydrogens (primary N) is 1. The Morgan fingerprint density at radius 1 is 1.38 bits per heavy atom. The number of benzene rings is 1. The van der Waals surface area contributed by atoms with Crippen LogP contribution in [0.4, 0.5) is 0 Å². The van der Waals surface area contributed by atoms with E-state index >= 15 is 0 Å². The first-order valence-corrected chi connectivity index (χ1v) is 7.38. The highest BCUT2D eigenvalue weighted by Crippen LogP contribution is 2.31. The van der Waals surface area contributed by atoms with Gasteiger partial charge in [0, 0.05) is 13.1 Å². The molecule has 1 aromatic carbocycles. The van der Waals surface area contributed by atoms with Crippen LogP contribution < -0.4 is 10.5 Å². The molecule has 1 aliphatic heterocycles. The molecule has 1 aromatic rings. The molecular formula is C14H16Cl2N2O3. The summed E-state index contributed by atoms with van der Waals surface area (Å²) in [6, 6.07) is 4.97. The summed E-state index contributed by atoms with van der Waals surface area (Å²) < 4.78 is 5.40. The number of halogens is 2. The van der Waals surface area contributed by atoms with Gasteiger partial charge >= 0.3 is 0 Å².